The van der Waals surface area contributed by atoms with Crippen molar-refractivity contribution in [1.82, 2.24) is 10.2 Å². The lowest BCUT2D eigenvalue weighted by molar-refractivity contribution is -0.129. The number of nitrogens with zero attached hydrogens (tertiary/aromatic N) is 4. The molecule has 1 aliphatic heterocycles. The minimum Gasteiger partial charge on any atom is -0.366 e. The quantitative estimate of drug-likeness (QED) is 0.390. The second-order valence-electron chi connectivity index (χ2n) is 4.84. The molecule has 1 aliphatic rings. The Morgan fingerprint density at radius 2 is 2.00 bits per heavy atom. The Kier molecular flexibility index (Phi) is 5.67. The summed E-state index contributed by atoms with van der Waals surface area (Å²) in [6, 6.07) is 7.86. The minimum atomic E-state index is 0.119. The zero-order chi connectivity index (χ0) is 15.9. The van der Waals surface area contributed by atoms with Crippen LogP contribution in [0.4, 0.5) is 11.4 Å². The monoisotopic (exact) mass is 317 g/mol. The topological polar surface area (TPSA) is 71.7 Å². The summed E-state index contributed by atoms with van der Waals surface area (Å²) >= 11 is 1.39. The number of aliphatic imine (C=N–C) groups is 1. The Morgan fingerprint density at radius 3 is 2.59 bits per heavy atom. The Balaban J connectivity index is 2.19. The number of hydrogen-bond donors (Lipinski definition) is 1. The summed E-state index contributed by atoms with van der Waals surface area (Å²) in [5, 5.41) is 11.9. The van der Waals surface area contributed by atoms with Gasteiger partial charge in [-0.1, -0.05) is 23.9 Å². The Bertz CT molecular complexity index is 602. The van der Waals surface area contributed by atoms with E-state index in [1.54, 1.807) is 6.92 Å². The van der Waals surface area contributed by atoms with Crippen LogP contribution >= 0.6 is 11.8 Å². The van der Waals surface area contributed by atoms with Gasteiger partial charge in [-0.05, 0) is 18.4 Å². The van der Waals surface area contributed by atoms with Crippen LogP contribution in [0.15, 0.2) is 29.3 Å². The van der Waals surface area contributed by atoms with Gasteiger partial charge < -0.3 is 9.80 Å². The van der Waals surface area contributed by atoms with Crippen molar-refractivity contribution in [2.75, 3.05) is 37.3 Å². The van der Waals surface area contributed by atoms with E-state index in [4.69, 9.17) is 5.26 Å². The molecule has 0 spiro atoms. The van der Waals surface area contributed by atoms with Gasteiger partial charge in [-0.25, -0.2) is 4.99 Å². The number of amides is 1. The zero-order valence-electron chi connectivity index (χ0n) is 12.7. The molecule has 1 heterocycles. The van der Waals surface area contributed by atoms with Crippen LogP contribution in [-0.4, -0.2) is 48.4 Å². The number of carbonyl (C=O) groups excluding carboxylic acids is 1. The molecule has 1 saturated heterocycles. The third-order valence-electron chi connectivity index (χ3n) is 3.53. The fraction of sp³-hybridized carbons (Fsp3) is 0.400. The van der Waals surface area contributed by atoms with E-state index in [0.717, 1.165) is 37.6 Å². The van der Waals surface area contributed by atoms with Crippen LogP contribution < -0.4 is 10.2 Å². The number of nitriles is 1. The van der Waals surface area contributed by atoms with Crippen LogP contribution in [0, 0.1) is 11.5 Å². The molecule has 6 nitrogen and oxygen atoms in total. The van der Waals surface area contributed by atoms with Crippen molar-refractivity contribution in [3.05, 3.63) is 24.3 Å². The van der Waals surface area contributed by atoms with Crippen LogP contribution in [-0.2, 0) is 4.79 Å². The fourth-order valence-electron chi connectivity index (χ4n) is 2.37. The van der Waals surface area contributed by atoms with Crippen LogP contribution in [0.25, 0.3) is 0 Å². The average Bonchev–Trinajstić information content (AvgIpc) is 2.55. The maximum Gasteiger partial charge on any atom is 0.219 e. The number of thioether (sulfide) groups is 1. The molecule has 1 fully saturated rings. The first-order valence-electron chi connectivity index (χ1n) is 7.03. The lowest BCUT2D eigenvalue weighted by Gasteiger charge is -2.36. The molecule has 0 aromatic heterocycles. The molecule has 1 aromatic carbocycles. The zero-order valence-corrected chi connectivity index (χ0v) is 13.6. The van der Waals surface area contributed by atoms with Gasteiger partial charge >= 0.3 is 0 Å². The molecule has 0 radical (unpaired) electrons. The van der Waals surface area contributed by atoms with Crippen molar-refractivity contribution in [3.63, 3.8) is 0 Å². The fourth-order valence-corrected chi connectivity index (χ4v) is 2.71. The standard InChI is InChI=1S/C15H19N5OS/c1-12(21)19-7-9-20(10-8-19)14-6-4-3-5-13(14)18-15(22-2)17-11-16/h3-6H,7-10H2,1-2H3,(H,17,18). The van der Waals surface area contributed by atoms with E-state index in [9.17, 15) is 4.79 Å². The summed E-state index contributed by atoms with van der Waals surface area (Å²) in [5.41, 5.74) is 1.85. The number of rotatable bonds is 2. The normalized spacial score (nSPS) is 15.4. The van der Waals surface area contributed by atoms with Crippen LogP contribution in [0.2, 0.25) is 0 Å². The second-order valence-corrected chi connectivity index (χ2v) is 5.63. The summed E-state index contributed by atoms with van der Waals surface area (Å²) in [6.07, 6.45) is 3.77. The predicted molar refractivity (Wildman–Crippen MR) is 90.3 cm³/mol. The summed E-state index contributed by atoms with van der Waals surface area (Å²) in [6.45, 7) is 4.61. The van der Waals surface area contributed by atoms with E-state index in [0.29, 0.717) is 5.17 Å². The molecule has 22 heavy (non-hydrogen) atoms. The molecule has 7 heteroatoms. The maximum atomic E-state index is 11.4. The van der Waals surface area contributed by atoms with E-state index in [2.05, 4.69) is 15.2 Å². The number of piperazine rings is 1. The summed E-state index contributed by atoms with van der Waals surface area (Å²) in [7, 11) is 0. The van der Waals surface area contributed by atoms with E-state index in [-0.39, 0.29) is 5.91 Å². The highest BCUT2D eigenvalue weighted by Crippen LogP contribution is 2.29. The van der Waals surface area contributed by atoms with Crippen molar-refractivity contribution >= 4 is 34.2 Å². The number of nitrogens with one attached hydrogen (secondary N) is 1. The van der Waals surface area contributed by atoms with Crippen molar-refractivity contribution in [2.45, 2.75) is 6.92 Å². The van der Waals surface area contributed by atoms with Gasteiger partial charge in [0, 0.05) is 33.1 Å². The number of hydrogen-bond acceptors (Lipinski definition) is 5. The van der Waals surface area contributed by atoms with Crippen molar-refractivity contribution in [2.24, 2.45) is 4.99 Å². The van der Waals surface area contributed by atoms with Crippen molar-refractivity contribution in [1.29, 1.82) is 5.26 Å². The Morgan fingerprint density at radius 1 is 1.32 bits per heavy atom. The molecular formula is C15H19N5OS. The number of carbonyl (C=O) groups is 1. The lowest BCUT2D eigenvalue weighted by Crippen LogP contribution is -2.48. The van der Waals surface area contributed by atoms with E-state index in [1.165, 1.54) is 11.8 Å². The van der Waals surface area contributed by atoms with Gasteiger partial charge in [-0.3, -0.25) is 10.1 Å². The van der Waals surface area contributed by atoms with Gasteiger partial charge in [0.2, 0.25) is 5.91 Å². The first-order chi connectivity index (χ1) is 10.7. The van der Waals surface area contributed by atoms with Crippen LogP contribution in [0.5, 0.6) is 0 Å². The summed E-state index contributed by atoms with van der Waals surface area (Å²) < 4.78 is 0. The van der Waals surface area contributed by atoms with E-state index < -0.39 is 0 Å². The summed E-state index contributed by atoms with van der Waals surface area (Å²) in [5.74, 6) is 0.119. The SMILES string of the molecule is CSC(=Nc1ccccc1N1CCN(C(C)=O)CC1)NC#N. The molecule has 1 amide bonds. The number of para-hydroxylation sites is 2. The Hall–Kier alpha value is -2.20. The molecule has 0 unspecified atom stereocenters. The molecule has 116 valence electrons. The highest BCUT2D eigenvalue weighted by atomic mass is 32.2. The predicted octanol–water partition coefficient (Wildman–Crippen LogP) is 1.78. The lowest BCUT2D eigenvalue weighted by atomic mass is 10.2. The van der Waals surface area contributed by atoms with Crippen molar-refractivity contribution < 1.29 is 4.79 Å². The van der Waals surface area contributed by atoms with Crippen molar-refractivity contribution in [3.8, 4) is 6.19 Å². The maximum absolute atomic E-state index is 11.4. The summed E-state index contributed by atoms with van der Waals surface area (Å²) in [4.78, 5) is 20.0. The highest BCUT2D eigenvalue weighted by molar-refractivity contribution is 8.13. The van der Waals surface area contributed by atoms with Gasteiger partial charge in [-0.2, -0.15) is 5.26 Å². The van der Waals surface area contributed by atoms with Gasteiger partial charge in [-0.15, -0.1) is 0 Å². The first kappa shape index (κ1) is 16.2. The van der Waals surface area contributed by atoms with Gasteiger partial charge in [0.25, 0.3) is 0 Å². The molecule has 0 saturated carbocycles. The van der Waals surface area contributed by atoms with Gasteiger partial charge in [0.15, 0.2) is 11.4 Å². The van der Waals surface area contributed by atoms with E-state index >= 15 is 0 Å². The number of anilines is 1. The van der Waals surface area contributed by atoms with Gasteiger partial charge in [0.1, 0.15) is 0 Å². The van der Waals surface area contributed by atoms with Gasteiger partial charge in [0.05, 0.1) is 11.4 Å². The number of amidine groups is 1. The molecule has 2 rings (SSSR count). The average molecular weight is 317 g/mol. The molecular weight excluding hydrogens is 298 g/mol. The third-order valence-corrected chi connectivity index (χ3v) is 4.11. The molecule has 0 aliphatic carbocycles. The van der Waals surface area contributed by atoms with E-state index in [1.807, 2.05) is 41.6 Å². The molecule has 1 N–H and O–H groups in total. The molecule has 1 aromatic rings. The minimum absolute atomic E-state index is 0.119. The first-order valence-corrected chi connectivity index (χ1v) is 8.25. The second kappa shape index (κ2) is 7.71. The third kappa shape index (κ3) is 3.92. The largest absolute Gasteiger partial charge is 0.366 e. The smallest absolute Gasteiger partial charge is 0.219 e. The molecule has 0 bridgehead atoms. The van der Waals surface area contributed by atoms with Crippen LogP contribution in [0.3, 0.4) is 0 Å². The number of benzene rings is 1. The Labute approximate surface area is 134 Å². The molecule has 0 atom stereocenters. The highest BCUT2D eigenvalue weighted by Gasteiger charge is 2.20. The van der Waals surface area contributed by atoms with Crippen LogP contribution in [0.1, 0.15) is 6.92 Å².